The highest BCUT2D eigenvalue weighted by Crippen LogP contribution is 2.28. The lowest BCUT2D eigenvalue weighted by Gasteiger charge is -2.28. The summed E-state index contributed by atoms with van der Waals surface area (Å²) in [6, 6.07) is 10.3. The highest BCUT2D eigenvalue weighted by molar-refractivity contribution is 5.95. The van der Waals surface area contributed by atoms with Crippen molar-refractivity contribution < 1.29 is 9.59 Å². The smallest absolute Gasteiger partial charge is 0.223 e. The molecule has 0 radical (unpaired) electrons. The van der Waals surface area contributed by atoms with Gasteiger partial charge in [-0.1, -0.05) is 30.3 Å². The Hall–Kier alpha value is -2.56. The first-order chi connectivity index (χ1) is 13.0. The number of ketones is 2. The summed E-state index contributed by atoms with van der Waals surface area (Å²) in [7, 11) is 0. The first kappa shape index (κ1) is 19.2. The monoisotopic (exact) mass is 365 g/mol. The minimum absolute atomic E-state index is 0.0165. The van der Waals surface area contributed by atoms with Crippen molar-refractivity contribution in [2.45, 2.75) is 58.4 Å². The number of benzene rings is 1. The molecular formula is C22H27N3O2. The van der Waals surface area contributed by atoms with Crippen LogP contribution in [0.15, 0.2) is 36.5 Å². The Labute approximate surface area is 160 Å². The lowest BCUT2D eigenvalue weighted by atomic mass is 9.83. The van der Waals surface area contributed by atoms with E-state index in [2.05, 4.69) is 15.3 Å². The van der Waals surface area contributed by atoms with Gasteiger partial charge in [-0.15, -0.1) is 0 Å². The lowest BCUT2D eigenvalue weighted by Crippen LogP contribution is -2.28. The fraction of sp³-hybridized carbons (Fsp3) is 0.455. The Morgan fingerprint density at radius 1 is 1.07 bits per heavy atom. The van der Waals surface area contributed by atoms with E-state index in [-0.39, 0.29) is 11.6 Å². The summed E-state index contributed by atoms with van der Waals surface area (Å²) in [4.78, 5) is 32.3. The second-order valence-corrected chi connectivity index (χ2v) is 7.54. The summed E-state index contributed by atoms with van der Waals surface area (Å²) in [5.41, 5.74) is 2.46. The third kappa shape index (κ3) is 5.46. The van der Waals surface area contributed by atoms with Gasteiger partial charge in [0, 0.05) is 25.1 Å². The van der Waals surface area contributed by atoms with Crippen LogP contribution in [0.2, 0.25) is 0 Å². The maximum absolute atomic E-state index is 12.0. The van der Waals surface area contributed by atoms with Gasteiger partial charge in [-0.2, -0.15) is 0 Å². The topological polar surface area (TPSA) is 72.0 Å². The standard InChI is InChI=1S/C22H27N3O2/c1-15(26)12-18-8-10-19(11-9-18)24-22-23-14-20(16(2)27)21(25-22)13-17-6-4-3-5-7-17/h3-7,14,18-19H,8-13H2,1-2H3,(H,23,24,25). The first-order valence-corrected chi connectivity index (χ1v) is 9.68. The number of carbonyl (C=O) groups is 2. The second kappa shape index (κ2) is 8.89. The van der Waals surface area contributed by atoms with E-state index in [1.165, 1.54) is 0 Å². The van der Waals surface area contributed by atoms with Crippen molar-refractivity contribution in [3.05, 3.63) is 53.3 Å². The van der Waals surface area contributed by atoms with Crippen molar-refractivity contribution in [3.8, 4) is 0 Å². The predicted molar refractivity (Wildman–Crippen MR) is 106 cm³/mol. The van der Waals surface area contributed by atoms with Gasteiger partial charge in [0.15, 0.2) is 5.78 Å². The van der Waals surface area contributed by atoms with Gasteiger partial charge >= 0.3 is 0 Å². The Morgan fingerprint density at radius 2 is 1.78 bits per heavy atom. The molecule has 2 aromatic rings. The SMILES string of the molecule is CC(=O)CC1CCC(Nc2ncc(C(C)=O)c(Cc3ccccc3)n2)CC1. The van der Waals surface area contributed by atoms with E-state index in [1.807, 2.05) is 30.3 Å². The highest BCUT2D eigenvalue weighted by atomic mass is 16.1. The molecule has 0 atom stereocenters. The molecule has 1 fully saturated rings. The molecule has 1 aromatic heterocycles. The molecular weight excluding hydrogens is 338 g/mol. The number of nitrogens with one attached hydrogen (secondary N) is 1. The van der Waals surface area contributed by atoms with Gasteiger partial charge in [-0.25, -0.2) is 9.97 Å². The number of hydrogen-bond acceptors (Lipinski definition) is 5. The van der Waals surface area contributed by atoms with Crippen molar-refractivity contribution in [2.24, 2.45) is 5.92 Å². The molecule has 0 aliphatic heterocycles. The fourth-order valence-electron chi connectivity index (χ4n) is 3.80. The number of anilines is 1. The molecule has 0 saturated heterocycles. The average molecular weight is 365 g/mol. The van der Waals surface area contributed by atoms with E-state index >= 15 is 0 Å². The van der Waals surface area contributed by atoms with Gasteiger partial charge in [-0.3, -0.25) is 4.79 Å². The molecule has 0 unspecified atom stereocenters. The van der Waals surface area contributed by atoms with Crippen LogP contribution in [0.3, 0.4) is 0 Å². The van der Waals surface area contributed by atoms with E-state index in [4.69, 9.17) is 0 Å². The van der Waals surface area contributed by atoms with Crippen molar-refractivity contribution in [3.63, 3.8) is 0 Å². The minimum Gasteiger partial charge on any atom is -0.351 e. The molecule has 142 valence electrons. The van der Waals surface area contributed by atoms with Crippen LogP contribution in [0.4, 0.5) is 5.95 Å². The molecule has 5 nitrogen and oxygen atoms in total. The predicted octanol–water partition coefficient (Wildman–Crippen LogP) is 4.22. The largest absolute Gasteiger partial charge is 0.351 e. The molecule has 1 aliphatic rings. The molecule has 0 bridgehead atoms. The van der Waals surface area contributed by atoms with Crippen LogP contribution in [0, 0.1) is 5.92 Å². The van der Waals surface area contributed by atoms with Crippen LogP contribution in [-0.4, -0.2) is 27.6 Å². The lowest BCUT2D eigenvalue weighted by molar-refractivity contribution is -0.118. The van der Waals surface area contributed by atoms with Gasteiger partial charge in [0.05, 0.1) is 11.3 Å². The van der Waals surface area contributed by atoms with Gasteiger partial charge in [0.1, 0.15) is 5.78 Å². The minimum atomic E-state index is -0.0165. The maximum atomic E-state index is 12.0. The number of hydrogen-bond donors (Lipinski definition) is 1. The highest BCUT2D eigenvalue weighted by Gasteiger charge is 2.23. The van der Waals surface area contributed by atoms with Crippen molar-refractivity contribution in [1.29, 1.82) is 0 Å². The summed E-state index contributed by atoms with van der Waals surface area (Å²) in [5, 5.41) is 3.43. The number of rotatable bonds is 7. The van der Waals surface area contributed by atoms with Crippen molar-refractivity contribution in [2.75, 3.05) is 5.32 Å². The average Bonchev–Trinajstić information content (AvgIpc) is 2.64. The second-order valence-electron chi connectivity index (χ2n) is 7.54. The normalized spacial score (nSPS) is 19.5. The van der Waals surface area contributed by atoms with Crippen LogP contribution >= 0.6 is 0 Å². The Bertz CT molecular complexity index is 796. The molecule has 3 rings (SSSR count). The molecule has 1 heterocycles. The van der Waals surface area contributed by atoms with E-state index in [1.54, 1.807) is 20.0 Å². The Balaban J connectivity index is 1.69. The molecule has 5 heteroatoms. The van der Waals surface area contributed by atoms with Crippen LogP contribution in [0.25, 0.3) is 0 Å². The van der Waals surface area contributed by atoms with Gasteiger partial charge in [0.25, 0.3) is 0 Å². The molecule has 1 aromatic carbocycles. The van der Waals surface area contributed by atoms with Crippen LogP contribution in [-0.2, 0) is 11.2 Å². The Kier molecular flexibility index (Phi) is 6.32. The molecule has 1 saturated carbocycles. The third-order valence-electron chi connectivity index (χ3n) is 5.22. The number of nitrogens with zero attached hydrogens (tertiary/aromatic N) is 2. The molecule has 1 N–H and O–H groups in total. The maximum Gasteiger partial charge on any atom is 0.223 e. The van der Waals surface area contributed by atoms with Gasteiger partial charge in [-0.05, 0) is 51.0 Å². The number of aromatic nitrogens is 2. The summed E-state index contributed by atoms with van der Waals surface area (Å²) < 4.78 is 0. The number of Topliss-reactive ketones (excluding diaryl/α,β-unsaturated/α-hetero) is 2. The van der Waals surface area contributed by atoms with Gasteiger partial charge in [0.2, 0.25) is 5.95 Å². The summed E-state index contributed by atoms with van der Waals surface area (Å²) >= 11 is 0. The zero-order chi connectivity index (χ0) is 19.2. The summed E-state index contributed by atoms with van der Waals surface area (Å²) in [6.07, 6.45) is 7.08. The summed E-state index contributed by atoms with van der Waals surface area (Å²) in [5.74, 6) is 1.36. The van der Waals surface area contributed by atoms with Crippen LogP contribution in [0.5, 0.6) is 0 Å². The first-order valence-electron chi connectivity index (χ1n) is 9.68. The van der Waals surface area contributed by atoms with Crippen LogP contribution < -0.4 is 5.32 Å². The molecule has 1 aliphatic carbocycles. The zero-order valence-electron chi connectivity index (χ0n) is 16.1. The third-order valence-corrected chi connectivity index (χ3v) is 5.22. The fourth-order valence-corrected chi connectivity index (χ4v) is 3.80. The zero-order valence-corrected chi connectivity index (χ0v) is 16.1. The van der Waals surface area contributed by atoms with Crippen molar-refractivity contribution >= 4 is 17.5 Å². The van der Waals surface area contributed by atoms with Crippen molar-refractivity contribution in [1.82, 2.24) is 9.97 Å². The summed E-state index contributed by atoms with van der Waals surface area (Å²) in [6.45, 7) is 3.22. The van der Waals surface area contributed by atoms with E-state index in [9.17, 15) is 9.59 Å². The molecule has 0 spiro atoms. The number of carbonyl (C=O) groups excluding carboxylic acids is 2. The Morgan fingerprint density at radius 3 is 2.41 bits per heavy atom. The van der Waals surface area contributed by atoms with Gasteiger partial charge < -0.3 is 10.1 Å². The van der Waals surface area contributed by atoms with E-state index in [0.717, 1.165) is 36.9 Å². The van der Waals surface area contributed by atoms with E-state index < -0.39 is 0 Å². The quantitative estimate of drug-likeness (QED) is 0.744. The molecule has 0 amide bonds. The van der Waals surface area contributed by atoms with E-state index in [0.29, 0.717) is 36.3 Å². The molecule has 27 heavy (non-hydrogen) atoms. The van der Waals surface area contributed by atoms with Crippen LogP contribution in [0.1, 0.15) is 67.6 Å².